The molecule has 0 heterocycles. The zero-order valence-electron chi connectivity index (χ0n) is 16.3. The molecule has 0 fully saturated rings. The van der Waals surface area contributed by atoms with Crippen molar-refractivity contribution in [1.82, 2.24) is 0 Å². The summed E-state index contributed by atoms with van der Waals surface area (Å²) < 4.78 is 6.05. The predicted octanol–water partition coefficient (Wildman–Crippen LogP) is 5.87. The second-order valence-corrected chi connectivity index (χ2v) is 8.66. The molecule has 1 atom stereocenters. The Balaban J connectivity index is 1.86. The molecule has 0 aliphatic heterocycles. The Hall–Kier alpha value is -2.29. The summed E-state index contributed by atoms with van der Waals surface area (Å²) in [6, 6.07) is 13.3. The van der Waals surface area contributed by atoms with Gasteiger partial charge in [0.2, 0.25) is 0 Å². The molecule has 3 heteroatoms. The number of benzene rings is 2. The van der Waals surface area contributed by atoms with E-state index in [1.54, 1.807) is 24.3 Å². The van der Waals surface area contributed by atoms with Crippen LogP contribution in [0, 0.1) is 0 Å². The number of hydrogen-bond acceptors (Lipinski definition) is 2. The fraction of sp³-hybridized carbons (Fsp3) is 0.435. The number of fused-ring (bicyclic) bond motifs is 1. The molecule has 2 aromatic rings. The SMILES string of the molecule is CC(Oc1ccc(C(=O)O)cc1)c1ccc2c(c1)C(C)(C)CCC2(C)C. The van der Waals surface area contributed by atoms with E-state index < -0.39 is 5.97 Å². The van der Waals surface area contributed by atoms with Gasteiger partial charge in [0, 0.05) is 0 Å². The molecule has 2 aromatic carbocycles. The Morgan fingerprint density at radius 2 is 1.54 bits per heavy atom. The van der Waals surface area contributed by atoms with Crippen molar-refractivity contribution in [2.45, 2.75) is 64.4 Å². The predicted molar refractivity (Wildman–Crippen MR) is 104 cm³/mol. The number of ether oxygens (including phenoxy) is 1. The van der Waals surface area contributed by atoms with E-state index in [9.17, 15) is 4.79 Å². The molecule has 0 saturated carbocycles. The molecular weight excluding hydrogens is 324 g/mol. The van der Waals surface area contributed by atoms with Crippen LogP contribution in [0.15, 0.2) is 42.5 Å². The van der Waals surface area contributed by atoms with Crippen molar-refractivity contribution in [3.8, 4) is 5.75 Å². The van der Waals surface area contributed by atoms with Crippen LogP contribution in [0.2, 0.25) is 0 Å². The van der Waals surface area contributed by atoms with Crippen molar-refractivity contribution >= 4 is 5.97 Å². The molecule has 1 aliphatic rings. The molecule has 1 unspecified atom stereocenters. The third-order valence-corrected chi connectivity index (χ3v) is 5.76. The van der Waals surface area contributed by atoms with Crippen molar-refractivity contribution in [3.63, 3.8) is 0 Å². The van der Waals surface area contributed by atoms with Crippen molar-refractivity contribution in [1.29, 1.82) is 0 Å². The standard InChI is InChI=1S/C23H28O3/c1-15(26-18-9-6-16(7-10-18)21(24)25)17-8-11-19-20(14-17)23(4,5)13-12-22(19,2)3/h6-11,14-15H,12-13H2,1-5H3,(H,24,25). The number of carbonyl (C=O) groups is 1. The van der Waals surface area contributed by atoms with E-state index in [0.29, 0.717) is 5.75 Å². The Bertz CT molecular complexity index is 816. The number of rotatable bonds is 4. The van der Waals surface area contributed by atoms with Gasteiger partial charge in [0.15, 0.2) is 0 Å². The molecule has 138 valence electrons. The Morgan fingerprint density at radius 3 is 2.12 bits per heavy atom. The topological polar surface area (TPSA) is 46.5 Å². The van der Waals surface area contributed by atoms with Gasteiger partial charge in [-0.25, -0.2) is 4.79 Å². The smallest absolute Gasteiger partial charge is 0.335 e. The summed E-state index contributed by atoms with van der Waals surface area (Å²) in [7, 11) is 0. The van der Waals surface area contributed by atoms with Crippen LogP contribution in [0.4, 0.5) is 0 Å². The van der Waals surface area contributed by atoms with Crippen LogP contribution < -0.4 is 4.74 Å². The average Bonchev–Trinajstić information content (AvgIpc) is 2.59. The molecule has 1 N–H and O–H groups in total. The van der Waals surface area contributed by atoms with Crippen molar-refractivity contribution in [2.75, 3.05) is 0 Å². The lowest BCUT2D eigenvalue weighted by atomic mass is 9.63. The monoisotopic (exact) mass is 352 g/mol. The zero-order valence-corrected chi connectivity index (χ0v) is 16.3. The molecule has 0 bridgehead atoms. The molecule has 0 saturated heterocycles. The molecule has 0 radical (unpaired) electrons. The first kappa shape index (κ1) is 18.5. The highest BCUT2D eigenvalue weighted by molar-refractivity contribution is 5.87. The minimum atomic E-state index is -0.927. The second-order valence-electron chi connectivity index (χ2n) is 8.66. The fourth-order valence-corrected chi connectivity index (χ4v) is 3.81. The fourth-order valence-electron chi connectivity index (χ4n) is 3.81. The van der Waals surface area contributed by atoms with E-state index in [4.69, 9.17) is 9.84 Å². The normalized spacial score (nSPS) is 18.7. The average molecular weight is 352 g/mol. The van der Waals surface area contributed by atoms with Crippen LogP contribution in [-0.4, -0.2) is 11.1 Å². The van der Waals surface area contributed by atoms with Crippen LogP contribution in [0.3, 0.4) is 0 Å². The molecule has 0 aromatic heterocycles. The molecular formula is C23H28O3. The quantitative estimate of drug-likeness (QED) is 0.748. The van der Waals surface area contributed by atoms with Crippen LogP contribution in [0.5, 0.6) is 5.75 Å². The first-order valence-electron chi connectivity index (χ1n) is 9.25. The molecule has 3 rings (SSSR count). The summed E-state index contributed by atoms with van der Waals surface area (Å²) in [5.41, 5.74) is 4.65. The Kier molecular flexibility index (Phi) is 4.60. The van der Waals surface area contributed by atoms with Gasteiger partial charge in [-0.05, 0) is 71.6 Å². The minimum Gasteiger partial charge on any atom is -0.486 e. The number of carboxylic acid groups (broad SMARTS) is 1. The van der Waals surface area contributed by atoms with Crippen LogP contribution in [-0.2, 0) is 10.8 Å². The lowest BCUT2D eigenvalue weighted by Crippen LogP contribution is -2.34. The highest BCUT2D eigenvalue weighted by Gasteiger charge is 2.37. The molecule has 0 spiro atoms. The summed E-state index contributed by atoms with van der Waals surface area (Å²) in [4.78, 5) is 11.0. The molecule has 0 amide bonds. The molecule has 26 heavy (non-hydrogen) atoms. The van der Waals surface area contributed by atoms with E-state index in [0.717, 1.165) is 5.56 Å². The van der Waals surface area contributed by atoms with Gasteiger partial charge in [0.1, 0.15) is 11.9 Å². The first-order valence-corrected chi connectivity index (χ1v) is 9.25. The van der Waals surface area contributed by atoms with Gasteiger partial charge in [-0.3, -0.25) is 0 Å². The minimum absolute atomic E-state index is 0.100. The van der Waals surface area contributed by atoms with E-state index in [1.165, 1.54) is 24.0 Å². The maximum Gasteiger partial charge on any atom is 0.335 e. The summed E-state index contributed by atoms with van der Waals surface area (Å²) in [5.74, 6) is -0.246. The van der Waals surface area contributed by atoms with Gasteiger partial charge < -0.3 is 9.84 Å². The van der Waals surface area contributed by atoms with E-state index in [2.05, 4.69) is 45.9 Å². The van der Waals surface area contributed by atoms with Crippen molar-refractivity contribution in [3.05, 3.63) is 64.7 Å². The van der Waals surface area contributed by atoms with Gasteiger partial charge in [0.05, 0.1) is 5.56 Å². The van der Waals surface area contributed by atoms with Crippen LogP contribution in [0.25, 0.3) is 0 Å². The number of hydrogen-bond donors (Lipinski definition) is 1. The third kappa shape index (κ3) is 3.48. The highest BCUT2D eigenvalue weighted by Crippen LogP contribution is 2.46. The summed E-state index contributed by atoms with van der Waals surface area (Å²) >= 11 is 0. The van der Waals surface area contributed by atoms with Gasteiger partial charge in [-0.1, -0.05) is 45.9 Å². The summed E-state index contributed by atoms with van der Waals surface area (Å²) in [6.07, 6.45) is 2.29. The van der Waals surface area contributed by atoms with Gasteiger partial charge in [0.25, 0.3) is 0 Å². The van der Waals surface area contributed by atoms with Gasteiger partial charge in [-0.2, -0.15) is 0 Å². The van der Waals surface area contributed by atoms with E-state index >= 15 is 0 Å². The zero-order chi connectivity index (χ0) is 19.1. The van der Waals surface area contributed by atoms with Crippen LogP contribution in [0.1, 0.15) is 80.6 Å². The maximum absolute atomic E-state index is 11.0. The largest absolute Gasteiger partial charge is 0.486 e. The van der Waals surface area contributed by atoms with E-state index in [-0.39, 0.29) is 22.5 Å². The van der Waals surface area contributed by atoms with Gasteiger partial charge >= 0.3 is 5.97 Å². The Morgan fingerprint density at radius 1 is 0.962 bits per heavy atom. The first-order chi connectivity index (χ1) is 12.1. The lowest BCUT2D eigenvalue weighted by Gasteiger charge is -2.42. The number of aromatic carboxylic acids is 1. The second kappa shape index (κ2) is 6.46. The molecule has 3 nitrogen and oxygen atoms in total. The van der Waals surface area contributed by atoms with E-state index in [1.807, 2.05) is 6.92 Å². The Labute approximate surface area is 156 Å². The third-order valence-electron chi connectivity index (χ3n) is 5.76. The summed E-state index contributed by atoms with van der Waals surface area (Å²) in [5, 5.41) is 9.00. The van der Waals surface area contributed by atoms with Crippen LogP contribution >= 0.6 is 0 Å². The summed E-state index contributed by atoms with van der Waals surface area (Å²) in [6.45, 7) is 11.3. The highest BCUT2D eigenvalue weighted by atomic mass is 16.5. The van der Waals surface area contributed by atoms with Gasteiger partial charge in [-0.15, -0.1) is 0 Å². The molecule has 1 aliphatic carbocycles. The van der Waals surface area contributed by atoms with Crippen molar-refractivity contribution in [2.24, 2.45) is 0 Å². The van der Waals surface area contributed by atoms with Crippen molar-refractivity contribution < 1.29 is 14.6 Å². The number of carboxylic acids is 1. The lowest BCUT2D eigenvalue weighted by molar-refractivity contribution is 0.0697. The maximum atomic E-state index is 11.0.